The van der Waals surface area contributed by atoms with Crippen LogP contribution in [-0.4, -0.2) is 69.8 Å². The standard InChI is InChI=1S/C29H44N2O6/c1-19(11-7-8-12-20(2)32)26-18-25(33)21(3)27(34)30-23(17-22-13-5-4-6-14-22)28(35)31-16-10-9-15-24(31)29(36)37-26/h4-6,13-14,19-21,23-26,32-33H,7-12,15-18H2,1-3H3,(H,30,34)/t19-,20+,21-,23?,24-,25+,26-/m0/s1. The number of hydrogen-bond donors (Lipinski definition) is 3. The second-order valence-corrected chi connectivity index (χ2v) is 11.0. The normalized spacial score (nSPS) is 29.3. The zero-order valence-electron chi connectivity index (χ0n) is 22.5. The molecular weight excluding hydrogens is 472 g/mol. The first-order chi connectivity index (χ1) is 17.7. The number of amides is 2. The van der Waals surface area contributed by atoms with Crippen LogP contribution in [0.3, 0.4) is 0 Å². The smallest absolute Gasteiger partial charge is 0.329 e. The Bertz CT molecular complexity index is 892. The molecule has 0 bridgehead atoms. The van der Waals surface area contributed by atoms with Crippen LogP contribution in [-0.2, 0) is 25.5 Å². The number of nitrogens with one attached hydrogen (secondary N) is 1. The molecule has 2 fully saturated rings. The van der Waals surface area contributed by atoms with E-state index in [1.807, 2.05) is 37.3 Å². The zero-order chi connectivity index (χ0) is 26.9. The van der Waals surface area contributed by atoms with Gasteiger partial charge in [-0.25, -0.2) is 4.79 Å². The number of nitrogens with zero attached hydrogens (tertiary/aromatic N) is 1. The first-order valence-electron chi connectivity index (χ1n) is 13.9. The molecule has 0 aromatic heterocycles. The molecule has 2 amide bonds. The lowest BCUT2D eigenvalue weighted by molar-refractivity contribution is -0.167. The number of ether oxygens (including phenoxy) is 1. The minimum Gasteiger partial charge on any atom is -0.460 e. The van der Waals surface area contributed by atoms with E-state index in [4.69, 9.17) is 4.74 Å². The summed E-state index contributed by atoms with van der Waals surface area (Å²) in [4.78, 5) is 42.0. The summed E-state index contributed by atoms with van der Waals surface area (Å²) in [6.07, 6.45) is 3.85. The summed E-state index contributed by atoms with van der Waals surface area (Å²) in [5, 5.41) is 23.4. The molecule has 3 N–H and O–H groups in total. The van der Waals surface area contributed by atoms with E-state index in [1.54, 1.807) is 18.7 Å². The van der Waals surface area contributed by atoms with Crippen molar-refractivity contribution < 1.29 is 29.3 Å². The summed E-state index contributed by atoms with van der Waals surface area (Å²) in [7, 11) is 0. The lowest BCUT2D eigenvalue weighted by Crippen LogP contribution is -2.58. The van der Waals surface area contributed by atoms with Crippen LogP contribution < -0.4 is 5.32 Å². The highest BCUT2D eigenvalue weighted by atomic mass is 16.5. The minimum absolute atomic E-state index is 0.0376. The highest BCUT2D eigenvalue weighted by molar-refractivity contribution is 5.92. The Hall–Kier alpha value is -2.45. The molecule has 1 aromatic carbocycles. The number of carbonyl (C=O) groups is 3. The topological polar surface area (TPSA) is 116 Å². The lowest BCUT2D eigenvalue weighted by Gasteiger charge is -2.39. The van der Waals surface area contributed by atoms with Crippen molar-refractivity contribution in [3.8, 4) is 0 Å². The molecule has 0 radical (unpaired) electrons. The predicted molar refractivity (Wildman–Crippen MR) is 140 cm³/mol. The number of aliphatic hydroxyl groups is 2. The third kappa shape index (κ3) is 8.27. The van der Waals surface area contributed by atoms with Crippen LogP contribution in [0.4, 0.5) is 0 Å². The highest BCUT2D eigenvalue weighted by Gasteiger charge is 2.40. The molecule has 3 rings (SSSR count). The molecule has 0 spiro atoms. The maximum Gasteiger partial charge on any atom is 0.329 e. The molecule has 37 heavy (non-hydrogen) atoms. The Balaban J connectivity index is 1.83. The largest absolute Gasteiger partial charge is 0.460 e. The molecule has 1 unspecified atom stereocenters. The lowest BCUT2D eigenvalue weighted by atomic mass is 9.89. The van der Waals surface area contributed by atoms with Crippen LogP contribution in [0.2, 0.25) is 0 Å². The van der Waals surface area contributed by atoms with Gasteiger partial charge in [0.2, 0.25) is 11.8 Å². The second kappa shape index (κ2) is 13.9. The highest BCUT2D eigenvalue weighted by Crippen LogP contribution is 2.27. The van der Waals surface area contributed by atoms with E-state index < -0.39 is 36.2 Å². The molecule has 2 heterocycles. The summed E-state index contributed by atoms with van der Waals surface area (Å²) < 4.78 is 6.01. The van der Waals surface area contributed by atoms with Crippen LogP contribution in [0, 0.1) is 11.8 Å². The van der Waals surface area contributed by atoms with Gasteiger partial charge in [-0.05, 0) is 50.5 Å². The van der Waals surface area contributed by atoms with Crippen LogP contribution in [0.1, 0.15) is 77.7 Å². The molecule has 2 aliphatic rings. The van der Waals surface area contributed by atoms with Gasteiger partial charge in [0.1, 0.15) is 18.2 Å². The second-order valence-electron chi connectivity index (χ2n) is 11.0. The number of esters is 1. The van der Waals surface area contributed by atoms with E-state index in [2.05, 4.69) is 5.32 Å². The van der Waals surface area contributed by atoms with Gasteiger partial charge in [0, 0.05) is 19.4 Å². The average molecular weight is 517 g/mol. The van der Waals surface area contributed by atoms with Gasteiger partial charge in [0.25, 0.3) is 0 Å². The Kier molecular flexibility index (Phi) is 10.9. The summed E-state index contributed by atoms with van der Waals surface area (Å²) in [5.41, 5.74) is 0.905. The Morgan fingerprint density at radius 1 is 1.08 bits per heavy atom. The summed E-state index contributed by atoms with van der Waals surface area (Å²) in [5.74, 6) is -1.91. The molecule has 206 valence electrons. The third-order valence-corrected chi connectivity index (χ3v) is 7.85. The van der Waals surface area contributed by atoms with E-state index >= 15 is 0 Å². The van der Waals surface area contributed by atoms with Crippen molar-refractivity contribution in [3.05, 3.63) is 35.9 Å². The molecule has 8 nitrogen and oxygen atoms in total. The molecule has 2 saturated heterocycles. The third-order valence-electron chi connectivity index (χ3n) is 7.85. The molecule has 0 aliphatic carbocycles. The number of rotatable bonds is 8. The number of unbranched alkanes of at least 4 members (excludes halogenated alkanes) is 1. The van der Waals surface area contributed by atoms with Crippen LogP contribution in [0.25, 0.3) is 0 Å². The van der Waals surface area contributed by atoms with E-state index in [0.29, 0.717) is 25.8 Å². The monoisotopic (exact) mass is 516 g/mol. The number of carbonyl (C=O) groups excluding carboxylic acids is 3. The minimum atomic E-state index is -1.02. The number of piperidine rings is 1. The van der Waals surface area contributed by atoms with Gasteiger partial charge < -0.3 is 25.2 Å². The fraction of sp³-hybridized carbons (Fsp3) is 0.690. The van der Waals surface area contributed by atoms with Gasteiger partial charge in [0.05, 0.1) is 18.1 Å². The molecule has 1 aromatic rings. The maximum atomic E-state index is 13.7. The fourth-order valence-electron chi connectivity index (χ4n) is 5.33. The Morgan fingerprint density at radius 3 is 2.49 bits per heavy atom. The van der Waals surface area contributed by atoms with Crippen LogP contribution in [0.5, 0.6) is 0 Å². The van der Waals surface area contributed by atoms with E-state index in [-0.39, 0.29) is 30.3 Å². The predicted octanol–water partition coefficient (Wildman–Crippen LogP) is 2.98. The van der Waals surface area contributed by atoms with Gasteiger partial charge in [-0.1, -0.05) is 57.0 Å². The Labute approximate surface area is 220 Å². The van der Waals surface area contributed by atoms with Gasteiger partial charge >= 0.3 is 5.97 Å². The number of fused-ring (bicyclic) bond motifs is 1. The fourth-order valence-corrected chi connectivity index (χ4v) is 5.33. The zero-order valence-corrected chi connectivity index (χ0v) is 22.5. The quantitative estimate of drug-likeness (QED) is 0.361. The van der Waals surface area contributed by atoms with E-state index in [1.165, 1.54) is 0 Å². The Morgan fingerprint density at radius 2 is 1.78 bits per heavy atom. The maximum absolute atomic E-state index is 13.7. The van der Waals surface area contributed by atoms with Crippen molar-refractivity contribution in [2.24, 2.45) is 11.8 Å². The van der Waals surface area contributed by atoms with Crippen molar-refractivity contribution in [1.82, 2.24) is 10.2 Å². The first kappa shape index (κ1) is 29.1. The van der Waals surface area contributed by atoms with Crippen LogP contribution >= 0.6 is 0 Å². The number of benzene rings is 1. The summed E-state index contributed by atoms with van der Waals surface area (Å²) in [6.45, 7) is 5.84. The van der Waals surface area contributed by atoms with Gasteiger partial charge in [-0.15, -0.1) is 0 Å². The van der Waals surface area contributed by atoms with Crippen LogP contribution in [0.15, 0.2) is 30.3 Å². The molecule has 7 atom stereocenters. The van der Waals surface area contributed by atoms with Crippen molar-refractivity contribution >= 4 is 17.8 Å². The SMILES string of the molecule is C[C@@H]1C(=O)NC(Cc2ccccc2)C(=O)N2CCCC[C@H]2C(=O)O[C@H]([C@@H](C)CCCC[C@@H](C)O)C[C@H]1O. The van der Waals surface area contributed by atoms with Gasteiger partial charge in [-0.2, -0.15) is 0 Å². The van der Waals surface area contributed by atoms with Crippen molar-refractivity contribution in [2.45, 2.75) is 109 Å². The molecular formula is C29H44N2O6. The summed E-state index contributed by atoms with van der Waals surface area (Å²) >= 11 is 0. The molecule has 0 saturated carbocycles. The van der Waals surface area contributed by atoms with E-state index in [9.17, 15) is 24.6 Å². The van der Waals surface area contributed by atoms with Crippen molar-refractivity contribution in [1.29, 1.82) is 0 Å². The first-order valence-corrected chi connectivity index (χ1v) is 13.9. The molecule has 8 heteroatoms. The van der Waals surface area contributed by atoms with Crippen molar-refractivity contribution in [2.75, 3.05) is 6.54 Å². The number of cyclic esters (lactones) is 1. The number of aliphatic hydroxyl groups excluding tert-OH is 2. The number of hydrogen-bond acceptors (Lipinski definition) is 6. The average Bonchev–Trinajstić information content (AvgIpc) is 2.89. The van der Waals surface area contributed by atoms with E-state index in [0.717, 1.165) is 37.7 Å². The summed E-state index contributed by atoms with van der Waals surface area (Å²) in [6, 6.07) is 7.94. The van der Waals surface area contributed by atoms with Gasteiger partial charge in [-0.3, -0.25) is 9.59 Å². The van der Waals surface area contributed by atoms with Gasteiger partial charge in [0.15, 0.2) is 0 Å². The molecule has 2 aliphatic heterocycles. The van der Waals surface area contributed by atoms with Crippen molar-refractivity contribution in [3.63, 3.8) is 0 Å².